The number of nitrogens with one attached hydrogen (secondary N) is 1. The second kappa shape index (κ2) is 10.5. The first-order chi connectivity index (χ1) is 20.1. The average Bonchev–Trinajstić information content (AvgIpc) is 3.39. The van der Waals surface area contributed by atoms with E-state index in [-0.39, 0.29) is 64.8 Å². The Kier molecular flexibility index (Phi) is 7.64. The van der Waals surface area contributed by atoms with Gasteiger partial charge in [-0.3, -0.25) is 9.69 Å². The SMILES string of the molecule is CCN1C[C@]2(OC(=O)c3ccccc3NC(C)=O)CCC(OC)C34C5C[C@H]6C(OC)[C@]5(O)[C@](O)(C[C@@H]6OC)C(C[C@@H]32)[C@H]14.[Br-]. The van der Waals surface area contributed by atoms with Crippen LogP contribution in [-0.2, 0) is 23.7 Å². The van der Waals surface area contributed by atoms with Crippen LogP contribution in [0.5, 0.6) is 0 Å². The Balaban J connectivity index is 0.00000329. The summed E-state index contributed by atoms with van der Waals surface area (Å²) in [6.45, 7) is 4.79. The molecule has 10 nitrogen and oxygen atoms in total. The van der Waals surface area contributed by atoms with E-state index >= 15 is 0 Å². The van der Waals surface area contributed by atoms with Gasteiger partial charge in [0.1, 0.15) is 16.8 Å². The molecule has 43 heavy (non-hydrogen) atoms. The number of hydrogen-bond acceptors (Lipinski definition) is 9. The van der Waals surface area contributed by atoms with Crippen molar-refractivity contribution in [3.8, 4) is 0 Å². The van der Waals surface area contributed by atoms with Crippen LogP contribution in [0.1, 0.15) is 56.3 Å². The van der Waals surface area contributed by atoms with Crippen molar-refractivity contribution in [1.29, 1.82) is 0 Å². The molecule has 1 heterocycles. The van der Waals surface area contributed by atoms with E-state index in [0.29, 0.717) is 56.4 Å². The van der Waals surface area contributed by atoms with Gasteiger partial charge in [0.05, 0.1) is 29.6 Å². The van der Waals surface area contributed by atoms with E-state index in [2.05, 4.69) is 17.1 Å². The highest BCUT2D eigenvalue weighted by atomic mass is 79.9. The van der Waals surface area contributed by atoms with Crippen molar-refractivity contribution in [2.24, 2.45) is 29.1 Å². The fourth-order valence-electron chi connectivity index (χ4n) is 11.6. The molecule has 6 aliphatic rings. The molecule has 238 valence electrons. The number of ether oxygens (including phenoxy) is 4. The lowest BCUT2D eigenvalue weighted by Gasteiger charge is -2.70. The number of carbonyl (C=O) groups excluding carboxylic acids is 2. The highest BCUT2D eigenvalue weighted by Gasteiger charge is 2.89. The zero-order valence-electron chi connectivity index (χ0n) is 25.5. The molecule has 1 spiro atoms. The third-order valence-electron chi connectivity index (χ3n) is 12.6. The van der Waals surface area contributed by atoms with E-state index in [0.717, 1.165) is 0 Å². The molecule has 5 unspecified atom stereocenters. The van der Waals surface area contributed by atoms with Crippen LogP contribution in [0.2, 0.25) is 0 Å². The van der Waals surface area contributed by atoms with Crippen LogP contribution in [0.25, 0.3) is 0 Å². The van der Waals surface area contributed by atoms with Crippen molar-refractivity contribution in [2.45, 2.75) is 87.1 Å². The molecule has 0 aromatic heterocycles. The van der Waals surface area contributed by atoms with Gasteiger partial charge in [0.2, 0.25) is 5.91 Å². The number of carbonyl (C=O) groups is 2. The van der Waals surface area contributed by atoms with Gasteiger partial charge in [0.25, 0.3) is 0 Å². The number of amides is 1. The molecule has 3 N–H and O–H groups in total. The summed E-state index contributed by atoms with van der Waals surface area (Å²) in [5.41, 5.74) is -3.57. The van der Waals surface area contributed by atoms with Crippen LogP contribution in [0.15, 0.2) is 24.3 Å². The van der Waals surface area contributed by atoms with E-state index in [1.165, 1.54) is 6.92 Å². The second-order valence-electron chi connectivity index (χ2n) is 13.7. The van der Waals surface area contributed by atoms with E-state index in [1.54, 1.807) is 45.6 Å². The van der Waals surface area contributed by atoms with Crippen molar-refractivity contribution in [3.63, 3.8) is 0 Å². The molecule has 7 bridgehead atoms. The second-order valence-corrected chi connectivity index (χ2v) is 13.7. The average molecular weight is 665 g/mol. The van der Waals surface area contributed by atoms with Crippen LogP contribution in [0, 0.1) is 29.1 Å². The van der Waals surface area contributed by atoms with Crippen molar-refractivity contribution < 1.29 is 55.7 Å². The van der Waals surface area contributed by atoms with Gasteiger partial charge in [-0.05, 0) is 44.4 Å². The lowest BCUT2D eigenvalue weighted by Crippen LogP contribution is -3.00. The number of likely N-dealkylation sites (tertiary alicyclic amines) is 1. The number of benzene rings is 1. The van der Waals surface area contributed by atoms with E-state index in [1.807, 2.05) is 0 Å². The first kappa shape index (κ1) is 31.4. The smallest absolute Gasteiger partial charge is 0.340 e. The number of likely N-dealkylation sites (N-methyl/N-ethyl adjacent to an activating group) is 1. The lowest BCUT2D eigenvalue weighted by molar-refractivity contribution is -0.337. The molecule has 1 saturated heterocycles. The number of esters is 1. The minimum atomic E-state index is -1.48. The molecule has 7 rings (SSSR count). The largest absolute Gasteiger partial charge is 1.00 e. The Morgan fingerprint density at radius 1 is 1.07 bits per heavy atom. The minimum absolute atomic E-state index is 0. The van der Waals surface area contributed by atoms with Gasteiger partial charge in [-0.2, -0.15) is 0 Å². The Morgan fingerprint density at radius 2 is 1.81 bits per heavy atom. The Morgan fingerprint density at radius 3 is 2.47 bits per heavy atom. The predicted molar refractivity (Wildman–Crippen MR) is 152 cm³/mol. The number of halogens is 1. The zero-order valence-corrected chi connectivity index (χ0v) is 27.1. The molecule has 0 radical (unpaired) electrons. The molecule has 11 heteroatoms. The first-order valence-electron chi connectivity index (χ1n) is 15.4. The quantitative estimate of drug-likeness (QED) is 0.322. The maximum absolute atomic E-state index is 14.0. The summed E-state index contributed by atoms with van der Waals surface area (Å²) in [6.07, 6.45) is 1.91. The molecular formula is C32H44BrN2O8-. The van der Waals surface area contributed by atoms with Crippen LogP contribution < -0.4 is 22.3 Å². The Hall–Kier alpha value is -1.60. The first-order valence-corrected chi connectivity index (χ1v) is 15.4. The zero-order chi connectivity index (χ0) is 29.8. The Labute approximate surface area is 263 Å². The summed E-state index contributed by atoms with van der Waals surface area (Å²) in [5.74, 6) is -1.54. The van der Waals surface area contributed by atoms with Gasteiger partial charge in [-0.25, -0.2) is 4.79 Å². The Bertz CT molecular complexity index is 1300. The van der Waals surface area contributed by atoms with Crippen molar-refractivity contribution in [1.82, 2.24) is 4.90 Å². The molecule has 6 fully saturated rings. The molecule has 12 atom stereocenters. The fourth-order valence-corrected chi connectivity index (χ4v) is 11.6. The monoisotopic (exact) mass is 663 g/mol. The van der Waals surface area contributed by atoms with Crippen LogP contribution in [-0.4, -0.2) is 103 Å². The van der Waals surface area contributed by atoms with E-state index < -0.39 is 34.3 Å². The number of methoxy groups -OCH3 is 3. The summed E-state index contributed by atoms with van der Waals surface area (Å²) in [5, 5.41) is 28.4. The van der Waals surface area contributed by atoms with E-state index in [9.17, 15) is 19.8 Å². The summed E-state index contributed by atoms with van der Waals surface area (Å²) in [6, 6.07) is 6.89. The highest BCUT2D eigenvalue weighted by Crippen LogP contribution is 2.79. The normalized spacial score (nSPS) is 47.0. The van der Waals surface area contributed by atoms with Crippen molar-refractivity contribution in [2.75, 3.05) is 39.7 Å². The molecular weight excluding hydrogens is 620 g/mol. The predicted octanol–water partition coefficient (Wildman–Crippen LogP) is -0.774. The standard InChI is InChI=1S/C32H44N2O8.BrH/c1-6-34-16-29(42-28(36)18-9-7-8-10-21(18)33-17(2)35)12-11-25(40-4)31-23(29)14-20(26(31)34)30(37)15-22(39-3)19-13-24(31)32(30,38)27(19)41-5;/h7-10,19-20,22-27,37-38H,6,11-16H2,1-5H3,(H,33,35);1H/p-1/t19-,20?,22+,23-,24?,25?,26+,27?,29-,30+,31?,32+;/m1./s1. The molecule has 1 amide bonds. The van der Waals surface area contributed by atoms with Gasteiger partial charge >= 0.3 is 5.97 Å². The third-order valence-corrected chi connectivity index (χ3v) is 12.6. The molecule has 1 aromatic carbocycles. The van der Waals surface area contributed by atoms with Crippen LogP contribution in [0.3, 0.4) is 0 Å². The molecule has 1 aromatic rings. The summed E-state index contributed by atoms with van der Waals surface area (Å²) >= 11 is 0. The van der Waals surface area contributed by atoms with Gasteiger partial charge in [0.15, 0.2) is 0 Å². The maximum Gasteiger partial charge on any atom is 0.340 e. The minimum Gasteiger partial charge on any atom is -1.00 e. The molecule has 5 aliphatic carbocycles. The number of hydrogen-bond donors (Lipinski definition) is 3. The number of nitrogens with zero attached hydrogens (tertiary/aromatic N) is 1. The number of piperidine rings is 1. The highest BCUT2D eigenvalue weighted by molar-refractivity contribution is 6.00. The van der Waals surface area contributed by atoms with Gasteiger partial charge in [-0.15, -0.1) is 0 Å². The molecule has 1 aliphatic heterocycles. The number of para-hydroxylation sites is 1. The maximum atomic E-state index is 14.0. The number of anilines is 1. The van der Waals surface area contributed by atoms with Crippen molar-refractivity contribution >= 4 is 17.6 Å². The topological polar surface area (TPSA) is 127 Å². The van der Waals surface area contributed by atoms with Gasteiger partial charge < -0.3 is 51.5 Å². The number of aliphatic hydroxyl groups is 2. The van der Waals surface area contributed by atoms with Crippen LogP contribution >= 0.6 is 0 Å². The lowest BCUT2D eigenvalue weighted by atomic mass is 9.44. The van der Waals surface area contributed by atoms with Crippen LogP contribution in [0.4, 0.5) is 5.69 Å². The van der Waals surface area contributed by atoms with Gasteiger partial charge in [-0.1, -0.05) is 19.1 Å². The fraction of sp³-hybridized carbons (Fsp3) is 0.750. The molecule has 5 saturated carbocycles. The van der Waals surface area contributed by atoms with Gasteiger partial charge in [0, 0.05) is 76.3 Å². The number of rotatable bonds is 7. The van der Waals surface area contributed by atoms with E-state index in [4.69, 9.17) is 18.9 Å². The summed E-state index contributed by atoms with van der Waals surface area (Å²) in [4.78, 5) is 28.3. The van der Waals surface area contributed by atoms with Crippen molar-refractivity contribution in [3.05, 3.63) is 29.8 Å². The number of fused-ring (bicyclic) bond motifs is 2. The summed E-state index contributed by atoms with van der Waals surface area (Å²) in [7, 11) is 5.05. The third kappa shape index (κ3) is 3.67. The summed E-state index contributed by atoms with van der Waals surface area (Å²) < 4.78 is 25.1.